The van der Waals surface area contributed by atoms with Crippen molar-refractivity contribution in [1.29, 1.82) is 0 Å². The van der Waals surface area contributed by atoms with Gasteiger partial charge >= 0.3 is 0 Å². The second kappa shape index (κ2) is 6.81. The maximum Gasteiger partial charge on any atom is 0.255 e. The second-order valence-corrected chi connectivity index (χ2v) is 7.95. The van der Waals surface area contributed by atoms with Gasteiger partial charge in [-0.25, -0.2) is 0 Å². The summed E-state index contributed by atoms with van der Waals surface area (Å²) < 4.78 is 0. The minimum Gasteiger partial charge on any atom is -0.339 e. The number of hydrogen-bond acceptors (Lipinski definition) is 3. The molecule has 2 heterocycles. The molecule has 1 aliphatic heterocycles. The summed E-state index contributed by atoms with van der Waals surface area (Å²) in [5.74, 6) is 0.712. The molecule has 2 aliphatic rings. The van der Waals surface area contributed by atoms with Gasteiger partial charge in [0, 0.05) is 42.9 Å². The molecule has 2 atom stereocenters. The molecule has 2 fully saturated rings. The van der Waals surface area contributed by atoms with Crippen molar-refractivity contribution in [3.8, 4) is 0 Å². The Morgan fingerprint density at radius 3 is 2.40 bits per heavy atom. The Morgan fingerprint density at radius 1 is 1.00 bits per heavy atom. The van der Waals surface area contributed by atoms with E-state index in [1.54, 1.807) is 28.4 Å². The summed E-state index contributed by atoms with van der Waals surface area (Å²) in [7, 11) is 0. The lowest BCUT2D eigenvalue weighted by Crippen LogP contribution is -2.51. The molecule has 1 saturated heterocycles. The van der Waals surface area contributed by atoms with Gasteiger partial charge in [-0.15, -0.1) is 11.3 Å². The van der Waals surface area contributed by atoms with Crippen molar-refractivity contribution in [3.05, 3.63) is 57.2 Å². The number of carbonyl (C=O) groups excluding carboxylic acids is 2. The van der Waals surface area contributed by atoms with E-state index >= 15 is 0 Å². The lowest BCUT2D eigenvalue weighted by molar-refractivity contribution is -0.134. The molecule has 2 amide bonds. The number of rotatable bonds is 3. The fourth-order valence-electron chi connectivity index (χ4n) is 3.45. The molecule has 1 aromatic heterocycles. The first-order chi connectivity index (χ1) is 12.1. The lowest BCUT2D eigenvalue weighted by atomic mass is 10.1. The number of carbonyl (C=O) groups is 2. The molecule has 2 aromatic rings. The van der Waals surface area contributed by atoms with Crippen LogP contribution in [0.15, 0.2) is 41.8 Å². The highest BCUT2D eigenvalue weighted by molar-refractivity contribution is 7.10. The number of amides is 2. The van der Waals surface area contributed by atoms with Gasteiger partial charge in [-0.3, -0.25) is 9.59 Å². The Hall–Kier alpha value is -1.85. The Kier molecular flexibility index (Phi) is 4.52. The van der Waals surface area contributed by atoms with Crippen LogP contribution >= 0.6 is 22.9 Å². The maximum absolute atomic E-state index is 12.7. The van der Waals surface area contributed by atoms with Gasteiger partial charge in [0.1, 0.15) is 0 Å². The highest BCUT2D eigenvalue weighted by Gasteiger charge is 2.46. The lowest BCUT2D eigenvalue weighted by Gasteiger charge is -2.35. The minimum absolute atomic E-state index is 0.0550. The first-order valence-corrected chi connectivity index (χ1v) is 9.77. The van der Waals surface area contributed by atoms with Crippen molar-refractivity contribution in [2.45, 2.75) is 12.3 Å². The van der Waals surface area contributed by atoms with E-state index in [1.165, 1.54) is 4.88 Å². The van der Waals surface area contributed by atoms with Crippen LogP contribution in [0.4, 0.5) is 0 Å². The molecule has 0 radical (unpaired) electrons. The summed E-state index contributed by atoms with van der Waals surface area (Å²) in [4.78, 5) is 30.3. The summed E-state index contributed by atoms with van der Waals surface area (Å²) in [6, 6.07) is 11.3. The predicted octanol–water partition coefficient (Wildman–Crippen LogP) is 3.49. The third-order valence-corrected chi connectivity index (χ3v) is 6.33. The standard InChI is InChI=1S/C19H19ClN2O2S/c20-16-5-2-1-4-13(16)18(23)21-7-9-22(10-8-21)19(24)15-12-14(15)17-6-3-11-25-17/h1-6,11,14-15H,7-10,12H2/t14-,15+/m1/s1. The molecule has 6 heteroatoms. The third kappa shape index (κ3) is 3.31. The first kappa shape index (κ1) is 16.6. The van der Waals surface area contributed by atoms with Crippen molar-refractivity contribution >= 4 is 34.8 Å². The average molecular weight is 375 g/mol. The number of benzene rings is 1. The number of hydrogen-bond donors (Lipinski definition) is 0. The normalized spacial score (nSPS) is 22.8. The first-order valence-electron chi connectivity index (χ1n) is 8.51. The van der Waals surface area contributed by atoms with Gasteiger partial charge in [0.05, 0.1) is 10.6 Å². The zero-order valence-corrected chi connectivity index (χ0v) is 15.3. The van der Waals surface area contributed by atoms with E-state index < -0.39 is 0 Å². The van der Waals surface area contributed by atoms with Crippen LogP contribution in [0, 0.1) is 5.92 Å². The van der Waals surface area contributed by atoms with Crippen LogP contribution in [-0.2, 0) is 4.79 Å². The average Bonchev–Trinajstić information content (AvgIpc) is 3.25. The van der Waals surface area contributed by atoms with Crippen LogP contribution in [0.3, 0.4) is 0 Å². The van der Waals surface area contributed by atoms with Gasteiger partial charge in [0.15, 0.2) is 0 Å². The van der Waals surface area contributed by atoms with Crippen LogP contribution in [0.5, 0.6) is 0 Å². The number of piperazine rings is 1. The highest BCUT2D eigenvalue weighted by atomic mass is 35.5. The SMILES string of the molecule is O=C(c1ccccc1Cl)N1CCN(C(=O)[C@H]2C[C@H]2c2cccs2)CC1. The van der Waals surface area contributed by atoms with E-state index in [9.17, 15) is 9.59 Å². The van der Waals surface area contributed by atoms with Crippen molar-refractivity contribution in [2.75, 3.05) is 26.2 Å². The van der Waals surface area contributed by atoms with Crippen LogP contribution in [0.1, 0.15) is 27.6 Å². The van der Waals surface area contributed by atoms with E-state index in [0.717, 1.165) is 6.42 Å². The van der Waals surface area contributed by atoms with E-state index in [4.69, 9.17) is 11.6 Å². The van der Waals surface area contributed by atoms with Crippen LogP contribution in [0.25, 0.3) is 0 Å². The quantitative estimate of drug-likeness (QED) is 0.825. The number of thiophene rings is 1. The molecule has 1 aliphatic carbocycles. The Labute approximate surface area is 156 Å². The van der Waals surface area contributed by atoms with Gasteiger partial charge in [0.25, 0.3) is 5.91 Å². The van der Waals surface area contributed by atoms with Crippen molar-refractivity contribution in [3.63, 3.8) is 0 Å². The monoisotopic (exact) mass is 374 g/mol. The zero-order valence-electron chi connectivity index (χ0n) is 13.7. The minimum atomic E-state index is -0.0550. The van der Waals surface area contributed by atoms with Gasteiger partial charge < -0.3 is 9.80 Å². The molecule has 0 bridgehead atoms. The largest absolute Gasteiger partial charge is 0.339 e. The topological polar surface area (TPSA) is 40.6 Å². The predicted molar refractivity (Wildman–Crippen MR) is 99.1 cm³/mol. The van der Waals surface area contributed by atoms with Crippen LogP contribution in [0.2, 0.25) is 5.02 Å². The smallest absolute Gasteiger partial charge is 0.255 e. The van der Waals surface area contributed by atoms with Gasteiger partial charge in [0.2, 0.25) is 5.91 Å². The molecule has 0 unspecified atom stereocenters. The Morgan fingerprint density at radius 2 is 1.72 bits per heavy atom. The maximum atomic E-state index is 12.7. The van der Waals surface area contributed by atoms with Gasteiger partial charge in [-0.2, -0.15) is 0 Å². The number of halogens is 1. The second-order valence-electron chi connectivity index (χ2n) is 6.56. The van der Waals surface area contributed by atoms with Gasteiger partial charge in [-0.1, -0.05) is 29.8 Å². The molecule has 25 heavy (non-hydrogen) atoms. The van der Waals surface area contributed by atoms with Crippen molar-refractivity contribution < 1.29 is 9.59 Å². The van der Waals surface area contributed by atoms with Crippen LogP contribution in [-0.4, -0.2) is 47.8 Å². The Bertz CT molecular complexity index is 784. The third-order valence-electron chi connectivity index (χ3n) is 5.00. The molecule has 1 aromatic carbocycles. The number of nitrogens with zero attached hydrogens (tertiary/aromatic N) is 2. The zero-order chi connectivity index (χ0) is 17.4. The summed E-state index contributed by atoms with van der Waals surface area (Å²) in [6.07, 6.45) is 0.956. The fourth-order valence-corrected chi connectivity index (χ4v) is 4.58. The van der Waals surface area contributed by atoms with E-state index in [0.29, 0.717) is 42.7 Å². The molecule has 130 valence electrons. The van der Waals surface area contributed by atoms with Crippen molar-refractivity contribution in [2.24, 2.45) is 5.92 Å². The molecule has 4 nitrogen and oxygen atoms in total. The van der Waals surface area contributed by atoms with E-state index in [1.807, 2.05) is 23.1 Å². The van der Waals surface area contributed by atoms with Crippen LogP contribution < -0.4 is 0 Å². The molecular formula is C19H19ClN2O2S. The Balaban J connectivity index is 1.34. The summed E-state index contributed by atoms with van der Waals surface area (Å²) >= 11 is 7.85. The van der Waals surface area contributed by atoms with E-state index in [-0.39, 0.29) is 17.7 Å². The van der Waals surface area contributed by atoms with E-state index in [2.05, 4.69) is 11.4 Å². The molecule has 1 saturated carbocycles. The molecular weight excluding hydrogens is 356 g/mol. The molecule has 4 rings (SSSR count). The van der Waals surface area contributed by atoms with Gasteiger partial charge in [-0.05, 0) is 30.0 Å². The highest BCUT2D eigenvalue weighted by Crippen LogP contribution is 2.50. The van der Waals surface area contributed by atoms with Crippen molar-refractivity contribution in [1.82, 2.24) is 9.80 Å². The molecule has 0 N–H and O–H groups in total. The summed E-state index contributed by atoms with van der Waals surface area (Å²) in [5.41, 5.74) is 0.531. The molecule has 0 spiro atoms. The fraction of sp³-hybridized carbons (Fsp3) is 0.368. The summed E-state index contributed by atoms with van der Waals surface area (Å²) in [5, 5.41) is 2.54. The summed E-state index contributed by atoms with van der Waals surface area (Å²) in [6.45, 7) is 2.32.